The van der Waals surface area contributed by atoms with Gasteiger partial charge in [0.2, 0.25) is 0 Å². The standard InChI is InChI=1S/C20H22FN5/c1-22-14-3-5-15(6-4-14)26-20-17-10-13(2-7-19(17)24-12-25-20)16-8-9-23-11-18(16)21/h2,7-12,14-15,22H,3-6H2,1H3,(H,24,25,26). The summed E-state index contributed by atoms with van der Waals surface area (Å²) >= 11 is 0. The van der Waals surface area contributed by atoms with Crippen LogP contribution in [0, 0.1) is 5.82 Å². The highest BCUT2D eigenvalue weighted by molar-refractivity contribution is 5.92. The van der Waals surface area contributed by atoms with E-state index in [4.69, 9.17) is 0 Å². The summed E-state index contributed by atoms with van der Waals surface area (Å²) in [5.41, 5.74) is 2.19. The molecule has 5 nitrogen and oxygen atoms in total. The van der Waals surface area contributed by atoms with Gasteiger partial charge in [-0.3, -0.25) is 4.98 Å². The Hall–Kier alpha value is -2.60. The lowest BCUT2D eigenvalue weighted by Gasteiger charge is -2.29. The Morgan fingerprint density at radius 3 is 2.62 bits per heavy atom. The first-order valence-electron chi connectivity index (χ1n) is 9.03. The molecule has 0 radical (unpaired) electrons. The number of pyridine rings is 1. The first-order chi connectivity index (χ1) is 12.7. The number of nitrogens with one attached hydrogen (secondary N) is 2. The minimum absolute atomic E-state index is 0.330. The Labute approximate surface area is 152 Å². The average Bonchev–Trinajstić information content (AvgIpc) is 2.69. The lowest BCUT2D eigenvalue weighted by molar-refractivity contribution is 0.371. The highest BCUT2D eigenvalue weighted by atomic mass is 19.1. The topological polar surface area (TPSA) is 62.7 Å². The molecule has 6 heteroatoms. The molecule has 0 aliphatic heterocycles. The van der Waals surface area contributed by atoms with Gasteiger partial charge in [-0.1, -0.05) is 6.07 Å². The maximum Gasteiger partial charge on any atom is 0.149 e. The molecule has 2 heterocycles. The number of benzene rings is 1. The van der Waals surface area contributed by atoms with Crippen LogP contribution in [0.2, 0.25) is 0 Å². The van der Waals surface area contributed by atoms with Crippen LogP contribution >= 0.6 is 0 Å². The summed E-state index contributed by atoms with van der Waals surface area (Å²) < 4.78 is 14.1. The molecule has 0 amide bonds. The van der Waals surface area contributed by atoms with Crippen molar-refractivity contribution in [2.45, 2.75) is 37.8 Å². The lowest BCUT2D eigenvalue weighted by atomic mass is 9.91. The predicted octanol–water partition coefficient (Wildman–Crippen LogP) is 3.77. The summed E-state index contributed by atoms with van der Waals surface area (Å²) in [6.07, 6.45) is 8.95. The number of hydrogen-bond acceptors (Lipinski definition) is 5. The minimum Gasteiger partial charge on any atom is -0.367 e. The Balaban J connectivity index is 1.65. The van der Waals surface area contributed by atoms with E-state index in [-0.39, 0.29) is 5.82 Å². The second kappa shape index (κ2) is 7.33. The van der Waals surface area contributed by atoms with Crippen molar-refractivity contribution in [1.82, 2.24) is 20.3 Å². The molecule has 1 aliphatic rings. The van der Waals surface area contributed by atoms with Crippen molar-refractivity contribution in [3.8, 4) is 11.1 Å². The Kier molecular flexibility index (Phi) is 4.75. The Bertz CT molecular complexity index is 906. The fraction of sp³-hybridized carbons (Fsp3) is 0.350. The third kappa shape index (κ3) is 3.37. The van der Waals surface area contributed by atoms with Gasteiger partial charge in [0.05, 0.1) is 11.7 Å². The summed E-state index contributed by atoms with van der Waals surface area (Å²) in [7, 11) is 2.02. The van der Waals surface area contributed by atoms with Crippen LogP contribution in [0.5, 0.6) is 0 Å². The number of anilines is 1. The molecule has 4 rings (SSSR count). The number of rotatable bonds is 4. The van der Waals surface area contributed by atoms with Crippen LogP contribution in [0.15, 0.2) is 43.0 Å². The zero-order chi connectivity index (χ0) is 17.9. The van der Waals surface area contributed by atoms with Crippen LogP contribution in [0.25, 0.3) is 22.0 Å². The zero-order valence-electron chi connectivity index (χ0n) is 14.7. The highest BCUT2D eigenvalue weighted by Gasteiger charge is 2.20. The Morgan fingerprint density at radius 1 is 1.04 bits per heavy atom. The maximum absolute atomic E-state index is 14.1. The zero-order valence-corrected chi connectivity index (χ0v) is 14.7. The largest absolute Gasteiger partial charge is 0.367 e. The second-order valence-electron chi connectivity index (χ2n) is 6.79. The molecule has 0 spiro atoms. The van der Waals surface area contributed by atoms with Crippen molar-refractivity contribution < 1.29 is 4.39 Å². The lowest BCUT2D eigenvalue weighted by Crippen LogP contribution is -2.35. The van der Waals surface area contributed by atoms with Crippen molar-refractivity contribution in [1.29, 1.82) is 0 Å². The van der Waals surface area contributed by atoms with Gasteiger partial charge in [-0.25, -0.2) is 14.4 Å². The van der Waals surface area contributed by atoms with E-state index in [9.17, 15) is 4.39 Å². The summed E-state index contributed by atoms with van der Waals surface area (Å²) in [4.78, 5) is 12.6. The highest BCUT2D eigenvalue weighted by Crippen LogP contribution is 2.29. The molecule has 0 unspecified atom stereocenters. The van der Waals surface area contributed by atoms with Crippen molar-refractivity contribution in [2.24, 2.45) is 0 Å². The first kappa shape index (κ1) is 16.8. The van der Waals surface area contributed by atoms with Gasteiger partial charge in [0.25, 0.3) is 0 Å². The SMILES string of the molecule is CNC1CCC(Nc2ncnc3ccc(-c4ccncc4F)cc23)CC1. The molecule has 0 saturated heterocycles. The van der Waals surface area contributed by atoms with Crippen molar-refractivity contribution in [3.63, 3.8) is 0 Å². The minimum atomic E-state index is -0.330. The van der Waals surface area contributed by atoms with Crippen LogP contribution in [-0.2, 0) is 0 Å². The van der Waals surface area contributed by atoms with Crippen LogP contribution in [0.3, 0.4) is 0 Å². The molecule has 0 bridgehead atoms. The summed E-state index contributed by atoms with van der Waals surface area (Å²) in [5.74, 6) is 0.489. The van der Waals surface area contributed by atoms with Crippen molar-refractivity contribution in [3.05, 3.63) is 48.8 Å². The van der Waals surface area contributed by atoms with Gasteiger partial charge in [-0.2, -0.15) is 0 Å². The normalized spacial score (nSPS) is 20.2. The molecule has 3 aromatic rings. The third-order valence-corrected chi connectivity index (χ3v) is 5.20. The number of hydrogen-bond donors (Lipinski definition) is 2. The van der Waals surface area contributed by atoms with E-state index >= 15 is 0 Å². The molecule has 2 aromatic heterocycles. The summed E-state index contributed by atoms with van der Waals surface area (Å²) in [6, 6.07) is 8.45. The van der Waals surface area contributed by atoms with Gasteiger partial charge >= 0.3 is 0 Å². The molecular weight excluding hydrogens is 329 g/mol. The van der Waals surface area contributed by atoms with E-state index in [1.807, 2.05) is 25.2 Å². The van der Waals surface area contributed by atoms with E-state index in [2.05, 4.69) is 25.6 Å². The van der Waals surface area contributed by atoms with E-state index in [1.165, 1.54) is 6.20 Å². The van der Waals surface area contributed by atoms with E-state index in [1.54, 1.807) is 18.6 Å². The predicted molar refractivity (Wildman–Crippen MR) is 101 cm³/mol. The smallest absolute Gasteiger partial charge is 0.149 e. The molecule has 26 heavy (non-hydrogen) atoms. The number of halogens is 1. The van der Waals surface area contributed by atoms with Gasteiger partial charge < -0.3 is 10.6 Å². The van der Waals surface area contributed by atoms with Gasteiger partial charge in [-0.05, 0) is 56.5 Å². The van der Waals surface area contributed by atoms with Crippen LogP contribution in [0.4, 0.5) is 10.2 Å². The van der Waals surface area contributed by atoms with Crippen molar-refractivity contribution in [2.75, 3.05) is 12.4 Å². The molecule has 1 aromatic carbocycles. The third-order valence-electron chi connectivity index (χ3n) is 5.20. The van der Waals surface area contributed by atoms with Gasteiger partial charge in [0, 0.05) is 29.2 Å². The average molecular weight is 351 g/mol. The number of fused-ring (bicyclic) bond motifs is 1. The van der Waals surface area contributed by atoms with Crippen LogP contribution in [0.1, 0.15) is 25.7 Å². The first-order valence-corrected chi connectivity index (χ1v) is 9.03. The molecule has 1 saturated carbocycles. The van der Waals surface area contributed by atoms with Gasteiger partial charge in [0.1, 0.15) is 18.0 Å². The Morgan fingerprint density at radius 2 is 1.85 bits per heavy atom. The van der Waals surface area contributed by atoms with Crippen LogP contribution < -0.4 is 10.6 Å². The van der Waals surface area contributed by atoms with E-state index in [0.29, 0.717) is 17.6 Å². The van der Waals surface area contributed by atoms with Gasteiger partial charge in [0.15, 0.2) is 0 Å². The quantitative estimate of drug-likeness (QED) is 0.749. The van der Waals surface area contributed by atoms with E-state index < -0.39 is 0 Å². The van der Waals surface area contributed by atoms with E-state index in [0.717, 1.165) is 48.0 Å². The molecule has 1 fully saturated rings. The second-order valence-corrected chi connectivity index (χ2v) is 6.79. The fourth-order valence-electron chi connectivity index (χ4n) is 3.67. The van der Waals surface area contributed by atoms with Gasteiger partial charge in [-0.15, -0.1) is 0 Å². The number of nitrogens with zero attached hydrogens (tertiary/aromatic N) is 3. The molecule has 0 atom stereocenters. The maximum atomic E-state index is 14.1. The van der Waals surface area contributed by atoms with Crippen molar-refractivity contribution >= 4 is 16.7 Å². The molecular formula is C20H22FN5. The number of aromatic nitrogens is 3. The summed E-state index contributed by atoms with van der Waals surface area (Å²) in [5, 5.41) is 7.85. The fourth-order valence-corrected chi connectivity index (χ4v) is 3.67. The van der Waals surface area contributed by atoms with Crippen LogP contribution in [-0.4, -0.2) is 34.1 Å². The molecule has 2 N–H and O–H groups in total. The molecule has 134 valence electrons. The summed E-state index contributed by atoms with van der Waals surface area (Å²) in [6.45, 7) is 0. The monoisotopic (exact) mass is 351 g/mol. The molecule has 1 aliphatic carbocycles.